The van der Waals surface area contributed by atoms with Gasteiger partial charge in [-0.1, -0.05) is 18.2 Å². The Hall–Kier alpha value is -2.20. The van der Waals surface area contributed by atoms with Crippen LogP contribution in [0.15, 0.2) is 36.4 Å². The average molecular weight is 284 g/mol. The summed E-state index contributed by atoms with van der Waals surface area (Å²) < 4.78 is 16.8. The van der Waals surface area contributed by atoms with Crippen molar-refractivity contribution in [3.63, 3.8) is 0 Å². The van der Waals surface area contributed by atoms with Crippen LogP contribution < -0.4 is 14.2 Å². The minimum atomic E-state index is -0.729. The topological polar surface area (TPSA) is 47.9 Å². The summed E-state index contributed by atoms with van der Waals surface area (Å²) in [7, 11) is 0. The largest absolute Gasteiger partial charge is 0.493 e. The number of fused-ring (bicyclic) bond motifs is 2. The molecule has 4 nitrogen and oxygen atoms in total. The first-order valence-corrected chi connectivity index (χ1v) is 7.15. The Labute approximate surface area is 122 Å². The highest BCUT2D eigenvalue weighted by Gasteiger charge is 2.23. The normalized spacial score (nSPS) is 17.0. The maximum absolute atomic E-state index is 10.7. The fourth-order valence-electron chi connectivity index (χ4n) is 2.87. The summed E-state index contributed by atoms with van der Waals surface area (Å²) in [5.74, 6) is 2.26. The van der Waals surface area contributed by atoms with E-state index in [1.165, 1.54) is 0 Å². The Morgan fingerprint density at radius 2 is 1.76 bits per heavy atom. The van der Waals surface area contributed by atoms with Crippen LogP contribution in [-0.2, 0) is 6.42 Å². The molecule has 2 aliphatic rings. The molecule has 1 unspecified atom stereocenters. The number of rotatable bonds is 2. The molecule has 0 bridgehead atoms. The monoisotopic (exact) mass is 284 g/mol. The number of benzene rings is 2. The second-order valence-corrected chi connectivity index (χ2v) is 5.24. The minimum Gasteiger partial charge on any atom is -0.493 e. The summed E-state index contributed by atoms with van der Waals surface area (Å²) >= 11 is 0. The van der Waals surface area contributed by atoms with Gasteiger partial charge in [0.25, 0.3) is 0 Å². The number of aliphatic hydroxyl groups excluding tert-OH is 1. The van der Waals surface area contributed by atoms with Gasteiger partial charge in [0.05, 0.1) is 6.61 Å². The maximum atomic E-state index is 10.7. The Kier molecular flexibility index (Phi) is 2.97. The zero-order valence-corrected chi connectivity index (χ0v) is 11.5. The number of para-hydroxylation sites is 1. The van der Waals surface area contributed by atoms with Crippen LogP contribution in [0.2, 0.25) is 0 Å². The molecule has 1 atom stereocenters. The summed E-state index contributed by atoms with van der Waals surface area (Å²) in [4.78, 5) is 0. The van der Waals surface area contributed by atoms with Gasteiger partial charge in [0.2, 0.25) is 0 Å². The number of ether oxygens (including phenoxy) is 3. The van der Waals surface area contributed by atoms with Crippen LogP contribution in [-0.4, -0.2) is 24.9 Å². The van der Waals surface area contributed by atoms with E-state index in [4.69, 9.17) is 14.2 Å². The second-order valence-electron chi connectivity index (χ2n) is 5.24. The lowest BCUT2D eigenvalue weighted by Crippen LogP contribution is -2.17. The zero-order valence-electron chi connectivity index (χ0n) is 11.5. The van der Waals surface area contributed by atoms with Crippen molar-refractivity contribution < 1.29 is 19.3 Å². The van der Waals surface area contributed by atoms with Crippen molar-refractivity contribution in [1.29, 1.82) is 0 Å². The van der Waals surface area contributed by atoms with Crippen LogP contribution in [0.5, 0.6) is 17.2 Å². The van der Waals surface area contributed by atoms with E-state index in [9.17, 15) is 5.11 Å². The molecule has 2 aromatic carbocycles. The molecule has 0 radical (unpaired) electrons. The quantitative estimate of drug-likeness (QED) is 0.920. The molecular weight excluding hydrogens is 268 g/mol. The Balaban J connectivity index is 1.73. The molecule has 0 saturated heterocycles. The van der Waals surface area contributed by atoms with Crippen molar-refractivity contribution in [3.05, 3.63) is 53.1 Å². The van der Waals surface area contributed by atoms with Crippen molar-refractivity contribution >= 4 is 0 Å². The molecule has 0 aliphatic carbocycles. The third kappa shape index (κ3) is 2.12. The van der Waals surface area contributed by atoms with Crippen molar-refractivity contribution in [2.75, 3.05) is 19.8 Å². The molecule has 2 aliphatic heterocycles. The van der Waals surface area contributed by atoms with E-state index in [-0.39, 0.29) is 0 Å². The Morgan fingerprint density at radius 1 is 0.905 bits per heavy atom. The van der Waals surface area contributed by atoms with Gasteiger partial charge < -0.3 is 19.3 Å². The van der Waals surface area contributed by atoms with E-state index in [2.05, 4.69) is 0 Å². The summed E-state index contributed by atoms with van der Waals surface area (Å²) in [5, 5.41) is 10.7. The van der Waals surface area contributed by atoms with Crippen LogP contribution in [0.1, 0.15) is 22.8 Å². The highest BCUT2D eigenvalue weighted by atomic mass is 16.6. The van der Waals surface area contributed by atoms with E-state index in [0.717, 1.165) is 28.9 Å². The first kappa shape index (κ1) is 12.5. The van der Waals surface area contributed by atoms with Gasteiger partial charge in [-0.15, -0.1) is 0 Å². The van der Waals surface area contributed by atoms with Crippen LogP contribution in [0, 0.1) is 0 Å². The molecule has 2 aromatic rings. The molecule has 21 heavy (non-hydrogen) atoms. The van der Waals surface area contributed by atoms with Gasteiger partial charge in [0, 0.05) is 12.0 Å². The summed E-state index contributed by atoms with van der Waals surface area (Å²) in [6.07, 6.45) is 0.162. The summed E-state index contributed by atoms with van der Waals surface area (Å²) in [5.41, 5.74) is 2.74. The van der Waals surface area contributed by atoms with Gasteiger partial charge in [-0.05, 0) is 29.3 Å². The van der Waals surface area contributed by atoms with E-state index < -0.39 is 6.10 Å². The second kappa shape index (κ2) is 4.97. The van der Waals surface area contributed by atoms with E-state index >= 15 is 0 Å². The fourth-order valence-corrected chi connectivity index (χ4v) is 2.87. The van der Waals surface area contributed by atoms with Gasteiger partial charge in [0.15, 0.2) is 11.5 Å². The van der Waals surface area contributed by atoms with Crippen LogP contribution >= 0.6 is 0 Å². The fraction of sp³-hybridized carbons (Fsp3) is 0.294. The highest BCUT2D eigenvalue weighted by molar-refractivity contribution is 5.51. The highest BCUT2D eigenvalue weighted by Crippen LogP contribution is 2.40. The smallest absolute Gasteiger partial charge is 0.167 e. The molecule has 108 valence electrons. The average Bonchev–Trinajstić information content (AvgIpc) is 3.01. The predicted octanol–water partition coefficient (Wildman–Crippen LogP) is 2.47. The first-order chi connectivity index (χ1) is 10.3. The molecule has 0 saturated carbocycles. The van der Waals surface area contributed by atoms with Gasteiger partial charge in [-0.2, -0.15) is 0 Å². The van der Waals surface area contributed by atoms with Crippen molar-refractivity contribution in [3.8, 4) is 17.2 Å². The molecule has 0 amide bonds. The van der Waals surface area contributed by atoms with E-state index in [1.807, 2.05) is 36.4 Å². The molecule has 0 aromatic heterocycles. The van der Waals surface area contributed by atoms with Crippen molar-refractivity contribution in [2.24, 2.45) is 0 Å². The predicted molar refractivity (Wildman–Crippen MR) is 77.1 cm³/mol. The first-order valence-electron chi connectivity index (χ1n) is 7.15. The summed E-state index contributed by atoms with van der Waals surface area (Å²) in [6.45, 7) is 1.77. The number of hydrogen-bond acceptors (Lipinski definition) is 4. The van der Waals surface area contributed by atoms with Crippen LogP contribution in [0.3, 0.4) is 0 Å². The van der Waals surface area contributed by atoms with Crippen LogP contribution in [0.25, 0.3) is 0 Å². The Bertz CT molecular complexity index is 680. The molecule has 4 rings (SSSR count). The van der Waals surface area contributed by atoms with Gasteiger partial charge in [-0.3, -0.25) is 0 Å². The molecule has 2 heterocycles. The maximum Gasteiger partial charge on any atom is 0.167 e. The lowest BCUT2D eigenvalue weighted by atomic mass is 9.98. The van der Waals surface area contributed by atoms with E-state index in [0.29, 0.717) is 31.3 Å². The molecule has 0 spiro atoms. The SMILES string of the molecule is OC(c1ccc2c(c1)CCO2)c1cccc2c1OCCO2. The number of hydrogen-bond donors (Lipinski definition) is 1. The van der Waals surface area contributed by atoms with Gasteiger partial charge in [-0.25, -0.2) is 0 Å². The van der Waals surface area contributed by atoms with Gasteiger partial charge >= 0.3 is 0 Å². The molecule has 4 heteroatoms. The van der Waals surface area contributed by atoms with Crippen LogP contribution in [0.4, 0.5) is 0 Å². The van der Waals surface area contributed by atoms with Crippen molar-refractivity contribution in [2.45, 2.75) is 12.5 Å². The number of aliphatic hydroxyl groups is 1. The minimum absolute atomic E-state index is 0.509. The molecule has 0 fully saturated rings. The summed E-state index contributed by atoms with van der Waals surface area (Å²) in [6, 6.07) is 11.5. The lowest BCUT2D eigenvalue weighted by molar-refractivity contribution is 0.158. The lowest BCUT2D eigenvalue weighted by Gasteiger charge is -2.23. The zero-order chi connectivity index (χ0) is 14.2. The molecule has 1 N–H and O–H groups in total. The molecular formula is C17H16O4. The third-order valence-electron chi connectivity index (χ3n) is 3.92. The van der Waals surface area contributed by atoms with E-state index in [1.54, 1.807) is 0 Å². The van der Waals surface area contributed by atoms with Crippen molar-refractivity contribution in [1.82, 2.24) is 0 Å². The Morgan fingerprint density at radius 3 is 2.71 bits per heavy atom. The third-order valence-corrected chi connectivity index (χ3v) is 3.92. The standard InChI is InChI=1S/C17H16O4/c18-16(12-4-5-14-11(10-12)6-7-19-14)13-2-1-3-15-17(13)21-9-8-20-15/h1-5,10,16,18H,6-9H2. The van der Waals surface area contributed by atoms with Gasteiger partial charge in [0.1, 0.15) is 25.1 Å².